The van der Waals surface area contributed by atoms with Crippen LogP contribution in [0.3, 0.4) is 0 Å². The molecule has 0 aliphatic carbocycles. The number of hydrogen-bond donors (Lipinski definition) is 2. The van der Waals surface area contributed by atoms with Gasteiger partial charge in [-0.25, -0.2) is 4.79 Å². The molecule has 2 N–H and O–H groups in total. The van der Waals surface area contributed by atoms with Crippen LogP contribution in [-0.2, 0) is 14.3 Å². The fraction of sp³-hybridized carbons (Fsp3) is 0.389. The van der Waals surface area contributed by atoms with Crippen molar-refractivity contribution in [2.24, 2.45) is 0 Å². The molecule has 2 atom stereocenters. The van der Waals surface area contributed by atoms with Crippen LogP contribution in [0.25, 0.3) is 10.9 Å². The summed E-state index contributed by atoms with van der Waals surface area (Å²) in [5.41, 5.74) is 2.31. The lowest BCUT2D eigenvalue weighted by Gasteiger charge is -2.31. The molecule has 0 bridgehead atoms. The van der Waals surface area contributed by atoms with Crippen molar-refractivity contribution in [1.82, 2.24) is 10.3 Å². The van der Waals surface area contributed by atoms with E-state index in [4.69, 9.17) is 14.6 Å². The van der Waals surface area contributed by atoms with E-state index in [1.54, 1.807) is 12.3 Å². The molecule has 0 radical (unpaired) electrons. The number of carboxylic acids is 1. The van der Waals surface area contributed by atoms with Crippen LogP contribution in [0.5, 0.6) is 0 Å². The fourth-order valence-corrected chi connectivity index (χ4v) is 2.93. The number of fused-ring (bicyclic) bond motifs is 1. The van der Waals surface area contributed by atoms with Gasteiger partial charge in [0.25, 0.3) is 5.91 Å². The van der Waals surface area contributed by atoms with Crippen molar-refractivity contribution in [2.45, 2.75) is 25.5 Å². The quantitative estimate of drug-likeness (QED) is 0.854. The topological polar surface area (TPSA) is 97.8 Å². The molecule has 3 rings (SSSR count). The largest absolute Gasteiger partial charge is 0.480 e. The maximum absolute atomic E-state index is 12.8. The van der Waals surface area contributed by atoms with Crippen LogP contribution in [0.2, 0.25) is 0 Å². The van der Waals surface area contributed by atoms with Gasteiger partial charge < -0.3 is 19.9 Å². The number of nitrogens with zero attached hydrogens (tertiary/aromatic N) is 1. The van der Waals surface area contributed by atoms with Gasteiger partial charge in [0.1, 0.15) is 6.61 Å². The van der Waals surface area contributed by atoms with E-state index in [0.29, 0.717) is 18.6 Å². The first-order chi connectivity index (χ1) is 12.0. The molecule has 0 unspecified atom stereocenters. The van der Waals surface area contributed by atoms with Crippen LogP contribution in [0.15, 0.2) is 30.5 Å². The standard InChI is InChI=1S/C18H20N2O5/c1-11-2-3-14-13(8-11)12(4-6-19-14)18(23)20-15-9-24-7-5-16(15)25-10-17(21)22/h2-4,6,8,15-16H,5,7,9-10H2,1H3,(H,20,23)(H,21,22)/t15-,16+/m1/s1. The molecule has 25 heavy (non-hydrogen) atoms. The lowest BCUT2D eigenvalue weighted by Crippen LogP contribution is -2.51. The lowest BCUT2D eigenvalue weighted by molar-refractivity contribution is -0.147. The molecule has 7 nitrogen and oxygen atoms in total. The normalized spacial score (nSPS) is 20.4. The van der Waals surface area contributed by atoms with Crippen molar-refractivity contribution >= 4 is 22.8 Å². The Morgan fingerprint density at radius 2 is 2.24 bits per heavy atom. The molecule has 0 spiro atoms. The van der Waals surface area contributed by atoms with Crippen LogP contribution in [0.4, 0.5) is 0 Å². The number of rotatable bonds is 5. The second-order valence-electron chi connectivity index (χ2n) is 6.07. The number of nitrogens with one attached hydrogen (secondary N) is 1. The fourth-order valence-electron chi connectivity index (χ4n) is 2.93. The minimum absolute atomic E-state index is 0.252. The van der Waals surface area contributed by atoms with Crippen LogP contribution in [0, 0.1) is 6.92 Å². The minimum atomic E-state index is -1.04. The summed E-state index contributed by atoms with van der Waals surface area (Å²) >= 11 is 0. The lowest BCUT2D eigenvalue weighted by atomic mass is 10.0. The van der Waals surface area contributed by atoms with Gasteiger partial charge in [-0.2, -0.15) is 0 Å². The van der Waals surface area contributed by atoms with Gasteiger partial charge >= 0.3 is 5.97 Å². The number of ether oxygens (including phenoxy) is 2. The summed E-state index contributed by atoms with van der Waals surface area (Å²) in [4.78, 5) is 27.8. The molecule has 1 saturated heterocycles. The molecule has 1 aromatic carbocycles. The van der Waals surface area contributed by atoms with Gasteiger partial charge in [0.15, 0.2) is 0 Å². The predicted octanol–water partition coefficient (Wildman–Crippen LogP) is 1.53. The number of amides is 1. The van der Waals surface area contributed by atoms with Gasteiger partial charge in [0.05, 0.1) is 29.8 Å². The van der Waals surface area contributed by atoms with Crippen LogP contribution in [-0.4, -0.2) is 53.9 Å². The second-order valence-corrected chi connectivity index (χ2v) is 6.07. The number of aliphatic carboxylic acids is 1. The highest BCUT2D eigenvalue weighted by molar-refractivity contribution is 6.06. The van der Waals surface area contributed by atoms with Crippen molar-refractivity contribution in [2.75, 3.05) is 19.8 Å². The van der Waals surface area contributed by atoms with Gasteiger partial charge in [-0.15, -0.1) is 0 Å². The number of benzene rings is 1. The smallest absolute Gasteiger partial charge is 0.329 e. The third kappa shape index (κ3) is 4.12. The van der Waals surface area contributed by atoms with Crippen LogP contribution >= 0.6 is 0 Å². The summed E-state index contributed by atoms with van der Waals surface area (Å²) in [6, 6.07) is 7.03. The Kier molecular flexibility index (Phi) is 5.25. The van der Waals surface area contributed by atoms with Gasteiger partial charge in [0.2, 0.25) is 0 Å². The van der Waals surface area contributed by atoms with Gasteiger partial charge in [-0.05, 0) is 31.5 Å². The van der Waals surface area contributed by atoms with E-state index in [1.807, 2.05) is 25.1 Å². The first-order valence-electron chi connectivity index (χ1n) is 8.12. The summed E-state index contributed by atoms with van der Waals surface area (Å²) in [7, 11) is 0. The zero-order valence-electron chi connectivity index (χ0n) is 13.9. The molecular weight excluding hydrogens is 324 g/mol. The number of carbonyl (C=O) groups is 2. The Morgan fingerprint density at radius 1 is 1.40 bits per heavy atom. The molecule has 0 saturated carbocycles. The zero-order chi connectivity index (χ0) is 17.8. The molecular formula is C18H20N2O5. The number of carboxylic acid groups (broad SMARTS) is 1. The first-order valence-corrected chi connectivity index (χ1v) is 8.12. The zero-order valence-corrected chi connectivity index (χ0v) is 13.9. The molecule has 1 aliphatic rings. The second kappa shape index (κ2) is 7.58. The highest BCUT2D eigenvalue weighted by Crippen LogP contribution is 2.19. The molecule has 1 amide bonds. The molecule has 7 heteroatoms. The summed E-state index contributed by atoms with van der Waals surface area (Å²) in [5.74, 6) is -1.29. The molecule has 132 valence electrons. The predicted molar refractivity (Wildman–Crippen MR) is 90.5 cm³/mol. The number of hydrogen-bond acceptors (Lipinski definition) is 5. The van der Waals surface area contributed by atoms with E-state index in [1.165, 1.54) is 0 Å². The minimum Gasteiger partial charge on any atom is -0.480 e. The van der Waals surface area contributed by atoms with E-state index in [0.717, 1.165) is 16.5 Å². The Bertz CT molecular complexity index is 792. The van der Waals surface area contributed by atoms with Gasteiger partial charge in [0, 0.05) is 18.2 Å². The van der Waals surface area contributed by atoms with E-state index in [2.05, 4.69) is 10.3 Å². The Morgan fingerprint density at radius 3 is 3.04 bits per heavy atom. The third-order valence-corrected chi connectivity index (χ3v) is 4.17. The summed E-state index contributed by atoms with van der Waals surface area (Å²) in [5, 5.41) is 12.5. The van der Waals surface area contributed by atoms with E-state index >= 15 is 0 Å². The highest BCUT2D eigenvalue weighted by atomic mass is 16.5. The highest BCUT2D eigenvalue weighted by Gasteiger charge is 2.29. The van der Waals surface area contributed by atoms with Crippen molar-refractivity contribution in [3.63, 3.8) is 0 Å². The monoisotopic (exact) mass is 344 g/mol. The van der Waals surface area contributed by atoms with Crippen molar-refractivity contribution in [3.05, 3.63) is 41.6 Å². The summed E-state index contributed by atoms with van der Waals surface area (Å²) < 4.78 is 10.8. The van der Waals surface area contributed by atoms with Crippen LogP contribution < -0.4 is 5.32 Å². The molecule has 2 heterocycles. The van der Waals surface area contributed by atoms with E-state index in [9.17, 15) is 9.59 Å². The molecule has 1 aliphatic heterocycles. The SMILES string of the molecule is Cc1ccc2nccc(C(=O)N[C@@H]3COCC[C@@H]3OCC(=O)O)c2c1. The van der Waals surface area contributed by atoms with E-state index in [-0.39, 0.29) is 18.6 Å². The number of aromatic nitrogens is 1. The van der Waals surface area contributed by atoms with Gasteiger partial charge in [-0.3, -0.25) is 9.78 Å². The molecule has 2 aromatic rings. The number of pyridine rings is 1. The third-order valence-electron chi connectivity index (χ3n) is 4.17. The average Bonchev–Trinajstić information content (AvgIpc) is 2.60. The first kappa shape index (κ1) is 17.3. The summed E-state index contributed by atoms with van der Waals surface area (Å²) in [6.45, 7) is 2.33. The Labute approximate surface area is 145 Å². The summed E-state index contributed by atoms with van der Waals surface area (Å²) in [6.07, 6.45) is 1.75. The Balaban J connectivity index is 1.78. The van der Waals surface area contributed by atoms with Crippen molar-refractivity contribution < 1.29 is 24.2 Å². The van der Waals surface area contributed by atoms with E-state index < -0.39 is 18.6 Å². The van der Waals surface area contributed by atoms with Crippen molar-refractivity contribution in [3.8, 4) is 0 Å². The maximum atomic E-state index is 12.8. The number of carbonyl (C=O) groups excluding carboxylic acids is 1. The number of aryl methyl sites for hydroxylation is 1. The van der Waals surface area contributed by atoms with Gasteiger partial charge in [-0.1, -0.05) is 11.6 Å². The maximum Gasteiger partial charge on any atom is 0.329 e. The Hall–Kier alpha value is -2.51. The average molecular weight is 344 g/mol. The molecule has 1 fully saturated rings. The van der Waals surface area contributed by atoms with Crippen molar-refractivity contribution in [1.29, 1.82) is 0 Å². The van der Waals surface area contributed by atoms with Crippen LogP contribution in [0.1, 0.15) is 22.3 Å². The molecule has 1 aromatic heterocycles.